The van der Waals surface area contributed by atoms with Crippen molar-refractivity contribution in [2.45, 2.75) is 18.9 Å². The van der Waals surface area contributed by atoms with Crippen LogP contribution in [-0.4, -0.2) is 30.9 Å². The summed E-state index contributed by atoms with van der Waals surface area (Å²) < 4.78 is 5.84. The molecular formula is C23H22N2O3. The van der Waals surface area contributed by atoms with Gasteiger partial charge in [0.2, 0.25) is 5.91 Å². The lowest BCUT2D eigenvalue weighted by Gasteiger charge is -2.24. The molecule has 5 heteroatoms. The van der Waals surface area contributed by atoms with Gasteiger partial charge in [-0.2, -0.15) is 5.26 Å². The maximum absolute atomic E-state index is 12.9. The van der Waals surface area contributed by atoms with Crippen molar-refractivity contribution in [3.63, 3.8) is 0 Å². The third kappa shape index (κ3) is 3.81. The van der Waals surface area contributed by atoms with Crippen LogP contribution in [0.1, 0.15) is 30.1 Å². The van der Waals surface area contributed by atoms with E-state index >= 15 is 0 Å². The van der Waals surface area contributed by atoms with E-state index in [-0.39, 0.29) is 18.7 Å². The van der Waals surface area contributed by atoms with Gasteiger partial charge in [-0.3, -0.25) is 4.79 Å². The summed E-state index contributed by atoms with van der Waals surface area (Å²) in [4.78, 5) is 26.7. The van der Waals surface area contributed by atoms with E-state index in [1.54, 1.807) is 20.2 Å². The summed E-state index contributed by atoms with van der Waals surface area (Å²) in [5, 5.41) is 9.59. The Bertz CT molecular complexity index is 890. The number of carbonyl (C=O) groups excluding carboxylic acids is 2. The monoisotopic (exact) mass is 374 g/mol. The van der Waals surface area contributed by atoms with Crippen LogP contribution in [0.25, 0.3) is 0 Å². The lowest BCUT2D eigenvalue weighted by atomic mass is 9.84. The molecule has 2 aromatic carbocycles. The third-order valence-electron chi connectivity index (χ3n) is 4.91. The number of esters is 1. The number of nitrogens with zero attached hydrogens (tertiary/aromatic N) is 2. The first kappa shape index (κ1) is 19.4. The van der Waals surface area contributed by atoms with Crippen LogP contribution in [0.15, 0.2) is 72.3 Å². The fourth-order valence-corrected chi connectivity index (χ4v) is 3.41. The number of ether oxygens (including phenoxy) is 1. The second-order valence-electron chi connectivity index (χ2n) is 7.11. The smallest absolute Gasteiger partial charge is 0.334 e. The van der Waals surface area contributed by atoms with Gasteiger partial charge in [-0.05, 0) is 17.5 Å². The van der Waals surface area contributed by atoms with E-state index in [4.69, 9.17) is 4.74 Å². The molecule has 1 aliphatic rings. The molecule has 2 aromatic rings. The number of hydrogen-bond acceptors (Lipinski definition) is 4. The first-order valence-corrected chi connectivity index (χ1v) is 9.10. The molecule has 0 saturated heterocycles. The van der Waals surface area contributed by atoms with E-state index < -0.39 is 17.5 Å². The minimum Gasteiger partial charge on any atom is -0.449 e. The molecule has 0 heterocycles. The Labute approximate surface area is 164 Å². The van der Waals surface area contributed by atoms with Crippen LogP contribution >= 0.6 is 0 Å². The van der Waals surface area contributed by atoms with Gasteiger partial charge in [0.25, 0.3) is 0 Å². The molecule has 0 unspecified atom stereocenters. The zero-order chi connectivity index (χ0) is 20.1. The molecule has 1 aliphatic carbocycles. The number of benzene rings is 2. The average molecular weight is 374 g/mol. The van der Waals surface area contributed by atoms with Crippen molar-refractivity contribution in [1.29, 1.82) is 5.26 Å². The molecule has 28 heavy (non-hydrogen) atoms. The Kier molecular flexibility index (Phi) is 5.60. The Balaban J connectivity index is 1.82. The maximum Gasteiger partial charge on any atom is 0.334 e. The summed E-state index contributed by atoms with van der Waals surface area (Å²) in [6, 6.07) is 21.1. The zero-order valence-electron chi connectivity index (χ0n) is 16.0. The Morgan fingerprint density at radius 3 is 2.04 bits per heavy atom. The molecule has 142 valence electrons. The fraction of sp³-hybridized carbons (Fsp3) is 0.261. The normalized spacial score (nSPS) is 18.3. The average Bonchev–Trinajstić information content (AvgIpc) is 3.18. The van der Waals surface area contributed by atoms with Gasteiger partial charge in [0.05, 0.1) is 6.07 Å². The SMILES string of the molecule is CN(C)C(=O)[C@]1(C#N)CC=C(C(=O)OC(c2ccccc2)c2ccccc2)C1. The van der Waals surface area contributed by atoms with Crippen LogP contribution in [-0.2, 0) is 14.3 Å². The maximum atomic E-state index is 12.9. The van der Waals surface area contributed by atoms with Gasteiger partial charge < -0.3 is 9.64 Å². The zero-order valence-corrected chi connectivity index (χ0v) is 16.0. The summed E-state index contributed by atoms with van der Waals surface area (Å²) in [7, 11) is 3.22. The van der Waals surface area contributed by atoms with Gasteiger partial charge in [0, 0.05) is 26.1 Å². The summed E-state index contributed by atoms with van der Waals surface area (Å²) in [5.41, 5.74) is 0.856. The molecule has 0 aliphatic heterocycles. The summed E-state index contributed by atoms with van der Waals surface area (Å²) in [5.74, 6) is -0.793. The lowest BCUT2D eigenvalue weighted by Crippen LogP contribution is -2.38. The van der Waals surface area contributed by atoms with E-state index in [1.165, 1.54) is 4.90 Å². The van der Waals surface area contributed by atoms with Crippen molar-refractivity contribution in [2.24, 2.45) is 5.41 Å². The summed E-state index contributed by atoms with van der Waals surface area (Å²) in [6.07, 6.45) is 1.37. The molecule has 3 rings (SSSR count). The van der Waals surface area contributed by atoms with Crippen molar-refractivity contribution >= 4 is 11.9 Å². The van der Waals surface area contributed by atoms with Crippen LogP contribution in [0.3, 0.4) is 0 Å². The van der Waals surface area contributed by atoms with Crippen LogP contribution in [0.4, 0.5) is 0 Å². The number of hydrogen-bond donors (Lipinski definition) is 0. The van der Waals surface area contributed by atoms with Gasteiger partial charge in [0.1, 0.15) is 5.41 Å². The minimum absolute atomic E-state index is 0.0651. The van der Waals surface area contributed by atoms with Gasteiger partial charge in [-0.15, -0.1) is 0 Å². The van der Waals surface area contributed by atoms with Crippen LogP contribution < -0.4 is 0 Å². The highest BCUT2D eigenvalue weighted by Crippen LogP contribution is 2.40. The largest absolute Gasteiger partial charge is 0.449 e. The first-order chi connectivity index (χ1) is 13.5. The number of allylic oxidation sites excluding steroid dienone is 1. The molecule has 1 atom stereocenters. The standard InChI is InChI=1S/C23H22N2O3/c1-25(2)22(27)23(16-24)14-13-19(15-23)21(26)28-20(17-9-5-3-6-10-17)18-11-7-4-8-12-18/h3-13,20H,14-15H2,1-2H3/t23-/m1/s1. The summed E-state index contributed by atoms with van der Waals surface area (Å²) in [6.45, 7) is 0. The van der Waals surface area contributed by atoms with Crippen LogP contribution in [0.5, 0.6) is 0 Å². The van der Waals surface area contributed by atoms with Crippen molar-refractivity contribution in [2.75, 3.05) is 14.1 Å². The highest BCUT2D eigenvalue weighted by atomic mass is 16.5. The molecule has 0 saturated carbocycles. The van der Waals surface area contributed by atoms with Crippen molar-refractivity contribution in [3.8, 4) is 6.07 Å². The van der Waals surface area contributed by atoms with E-state index in [9.17, 15) is 14.9 Å². The molecular weight excluding hydrogens is 352 g/mol. The van der Waals surface area contributed by atoms with Crippen molar-refractivity contribution in [3.05, 3.63) is 83.4 Å². The molecule has 0 aromatic heterocycles. The lowest BCUT2D eigenvalue weighted by molar-refractivity contribution is -0.143. The number of amides is 1. The van der Waals surface area contributed by atoms with Gasteiger partial charge >= 0.3 is 5.97 Å². The Morgan fingerprint density at radius 2 is 1.57 bits per heavy atom. The van der Waals surface area contributed by atoms with E-state index in [1.807, 2.05) is 60.7 Å². The molecule has 5 nitrogen and oxygen atoms in total. The highest BCUT2D eigenvalue weighted by molar-refractivity contribution is 5.94. The highest BCUT2D eigenvalue weighted by Gasteiger charge is 2.45. The number of nitriles is 1. The molecule has 1 amide bonds. The quantitative estimate of drug-likeness (QED) is 0.749. The predicted octanol–water partition coefficient (Wildman–Crippen LogP) is 3.64. The first-order valence-electron chi connectivity index (χ1n) is 9.10. The second kappa shape index (κ2) is 8.10. The molecule has 0 spiro atoms. The van der Waals surface area contributed by atoms with E-state index in [0.29, 0.717) is 5.57 Å². The Hall–Kier alpha value is -3.39. The number of rotatable bonds is 5. The topological polar surface area (TPSA) is 70.4 Å². The van der Waals surface area contributed by atoms with E-state index in [0.717, 1.165) is 11.1 Å². The number of carbonyl (C=O) groups is 2. The van der Waals surface area contributed by atoms with Crippen molar-refractivity contribution in [1.82, 2.24) is 4.90 Å². The predicted molar refractivity (Wildman–Crippen MR) is 105 cm³/mol. The molecule has 0 bridgehead atoms. The van der Waals surface area contributed by atoms with E-state index in [2.05, 4.69) is 6.07 Å². The minimum atomic E-state index is -1.23. The van der Waals surface area contributed by atoms with Gasteiger partial charge in [-0.1, -0.05) is 66.7 Å². The summed E-state index contributed by atoms with van der Waals surface area (Å²) >= 11 is 0. The molecule has 0 radical (unpaired) electrons. The Morgan fingerprint density at radius 1 is 1.04 bits per heavy atom. The molecule has 0 N–H and O–H groups in total. The second-order valence-corrected chi connectivity index (χ2v) is 7.11. The van der Waals surface area contributed by atoms with Crippen LogP contribution in [0.2, 0.25) is 0 Å². The van der Waals surface area contributed by atoms with Crippen LogP contribution in [0, 0.1) is 16.7 Å². The molecule has 0 fully saturated rings. The third-order valence-corrected chi connectivity index (χ3v) is 4.91. The van der Waals surface area contributed by atoms with Gasteiger partial charge in [-0.25, -0.2) is 4.79 Å². The fourth-order valence-electron chi connectivity index (χ4n) is 3.41. The van der Waals surface area contributed by atoms with Crippen molar-refractivity contribution < 1.29 is 14.3 Å². The van der Waals surface area contributed by atoms with Gasteiger partial charge in [0.15, 0.2) is 6.10 Å².